The summed E-state index contributed by atoms with van der Waals surface area (Å²) in [6.45, 7) is 4.40. The zero-order chi connectivity index (χ0) is 15.2. The molecule has 0 fully saturated rings. The summed E-state index contributed by atoms with van der Waals surface area (Å²) in [7, 11) is 0. The van der Waals surface area contributed by atoms with Crippen molar-refractivity contribution in [3.63, 3.8) is 0 Å². The Morgan fingerprint density at radius 3 is 2.19 bits per heavy atom. The zero-order valence-corrected chi connectivity index (χ0v) is 12.5. The fourth-order valence-electron chi connectivity index (χ4n) is 2.22. The summed E-state index contributed by atoms with van der Waals surface area (Å²) >= 11 is 0. The van der Waals surface area contributed by atoms with Gasteiger partial charge in [-0.25, -0.2) is 4.39 Å². The second kappa shape index (κ2) is 7.21. The maximum absolute atomic E-state index is 14.2. The van der Waals surface area contributed by atoms with Crippen molar-refractivity contribution in [2.75, 3.05) is 6.61 Å². The van der Waals surface area contributed by atoms with Crippen molar-refractivity contribution >= 4 is 0 Å². The summed E-state index contributed by atoms with van der Waals surface area (Å²) in [5, 5.41) is 0. The van der Waals surface area contributed by atoms with Crippen molar-refractivity contribution in [3.05, 3.63) is 53.6 Å². The topological polar surface area (TPSA) is 9.23 Å². The van der Waals surface area contributed by atoms with Crippen LogP contribution < -0.4 is 4.74 Å². The molecule has 0 bridgehead atoms. The Hall–Kier alpha value is -1.90. The van der Waals surface area contributed by atoms with Gasteiger partial charge in [-0.1, -0.05) is 44.5 Å². The molecule has 0 saturated carbocycles. The zero-order valence-electron chi connectivity index (χ0n) is 12.5. The second-order valence-corrected chi connectivity index (χ2v) is 5.03. The van der Waals surface area contributed by atoms with Crippen molar-refractivity contribution in [2.24, 2.45) is 0 Å². The molecule has 3 heteroatoms. The Labute approximate surface area is 124 Å². The normalized spacial score (nSPS) is 10.7. The predicted molar refractivity (Wildman–Crippen MR) is 81.6 cm³/mol. The molecule has 112 valence electrons. The van der Waals surface area contributed by atoms with Crippen molar-refractivity contribution in [2.45, 2.75) is 33.1 Å². The molecule has 0 saturated heterocycles. The van der Waals surface area contributed by atoms with E-state index in [0.717, 1.165) is 19.3 Å². The number of hydrogen-bond donors (Lipinski definition) is 0. The third-order valence-electron chi connectivity index (χ3n) is 3.31. The van der Waals surface area contributed by atoms with Crippen LogP contribution in [0.3, 0.4) is 0 Å². The molecule has 0 aliphatic heterocycles. The number of rotatable bonds is 6. The highest BCUT2D eigenvalue weighted by atomic mass is 19.2. The van der Waals surface area contributed by atoms with Crippen LogP contribution in [0.2, 0.25) is 0 Å². The maximum atomic E-state index is 14.2. The van der Waals surface area contributed by atoms with Crippen LogP contribution in [0, 0.1) is 11.6 Å². The van der Waals surface area contributed by atoms with Gasteiger partial charge in [-0.2, -0.15) is 4.39 Å². The summed E-state index contributed by atoms with van der Waals surface area (Å²) in [4.78, 5) is 0. The molecule has 0 atom stereocenters. The average molecular weight is 290 g/mol. The number of halogens is 2. The van der Waals surface area contributed by atoms with Gasteiger partial charge < -0.3 is 4.74 Å². The number of hydrogen-bond acceptors (Lipinski definition) is 1. The summed E-state index contributed by atoms with van der Waals surface area (Å²) < 4.78 is 33.3. The van der Waals surface area contributed by atoms with Gasteiger partial charge in [0, 0.05) is 5.56 Å². The van der Waals surface area contributed by atoms with E-state index in [-0.39, 0.29) is 11.3 Å². The molecular weight excluding hydrogens is 270 g/mol. The molecule has 0 aliphatic carbocycles. The average Bonchev–Trinajstić information content (AvgIpc) is 2.50. The number of ether oxygens (including phenoxy) is 1. The highest BCUT2D eigenvalue weighted by Gasteiger charge is 2.15. The third kappa shape index (κ3) is 3.60. The molecule has 0 aromatic heterocycles. The van der Waals surface area contributed by atoms with Gasteiger partial charge in [0.2, 0.25) is 5.82 Å². The first-order valence-electron chi connectivity index (χ1n) is 7.37. The van der Waals surface area contributed by atoms with Gasteiger partial charge in [-0.3, -0.25) is 0 Å². The van der Waals surface area contributed by atoms with Gasteiger partial charge in [0.05, 0.1) is 6.61 Å². The highest BCUT2D eigenvalue weighted by Crippen LogP contribution is 2.30. The van der Waals surface area contributed by atoms with Crippen molar-refractivity contribution < 1.29 is 13.5 Å². The van der Waals surface area contributed by atoms with E-state index in [2.05, 4.69) is 6.92 Å². The standard InChI is InChI=1S/C18H20F2O/c1-3-5-13-6-8-14(9-7-13)15-10-11-16(21-12-4-2)18(20)17(15)19/h6-11H,3-5,12H2,1-2H3. The maximum Gasteiger partial charge on any atom is 0.201 e. The molecule has 1 nitrogen and oxygen atoms in total. The lowest BCUT2D eigenvalue weighted by Crippen LogP contribution is -2.00. The molecule has 0 heterocycles. The largest absolute Gasteiger partial charge is 0.490 e. The molecule has 2 aromatic carbocycles. The molecular formula is C18H20F2O. The van der Waals surface area contributed by atoms with Crippen molar-refractivity contribution in [1.82, 2.24) is 0 Å². The SMILES string of the molecule is CCCOc1ccc(-c2ccc(CCC)cc2)c(F)c1F. The predicted octanol–water partition coefficient (Wildman–Crippen LogP) is 5.37. The van der Waals surface area contributed by atoms with E-state index in [0.29, 0.717) is 12.2 Å². The monoisotopic (exact) mass is 290 g/mol. The van der Waals surface area contributed by atoms with E-state index in [1.165, 1.54) is 11.6 Å². The molecule has 0 aliphatic rings. The molecule has 2 aromatic rings. The van der Waals surface area contributed by atoms with Gasteiger partial charge in [-0.15, -0.1) is 0 Å². The van der Waals surface area contributed by atoms with Gasteiger partial charge in [0.25, 0.3) is 0 Å². The summed E-state index contributed by atoms with van der Waals surface area (Å²) in [5.41, 5.74) is 2.14. The van der Waals surface area contributed by atoms with Crippen LogP contribution in [0.25, 0.3) is 11.1 Å². The van der Waals surface area contributed by atoms with Gasteiger partial charge in [-0.05, 0) is 36.1 Å². The molecule has 0 amide bonds. The molecule has 0 radical (unpaired) electrons. The van der Waals surface area contributed by atoms with Crippen LogP contribution >= 0.6 is 0 Å². The Morgan fingerprint density at radius 1 is 0.857 bits per heavy atom. The van der Waals surface area contributed by atoms with E-state index >= 15 is 0 Å². The van der Waals surface area contributed by atoms with Gasteiger partial charge in [0.15, 0.2) is 11.6 Å². The molecule has 0 N–H and O–H groups in total. The fraction of sp³-hybridized carbons (Fsp3) is 0.333. The van der Waals surface area contributed by atoms with E-state index in [9.17, 15) is 8.78 Å². The number of aryl methyl sites for hydroxylation is 1. The summed E-state index contributed by atoms with van der Waals surface area (Å²) in [5.74, 6) is -1.80. The van der Waals surface area contributed by atoms with E-state index < -0.39 is 11.6 Å². The van der Waals surface area contributed by atoms with Gasteiger partial charge in [0.1, 0.15) is 0 Å². The summed E-state index contributed by atoms with van der Waals surface area (Å²) in [6, 6.07) is 10.6. The van der Waals surface area contributed by atoms with E-state index in [4.69, 9.17) is 4.74 Å². The van der Waals surface area contributed by atoms with Crippen LogP contribution in [-0.2, 0) is 6.42 Å². The van der Waals surface area contributed by atoms with Gasteiger partial charge >= 0.3 is 0 Å². The molecule has 0 unspecified atom stereocenters. The molecule has 21 heavy (non-hydrogen) atoms. The third-order valence-corrected chi connectivity index (χ3v) is 3.31. The first-order chi connectivity index (χ1) is 10.2. The molecule has 2 rings (SSSR count). The van der Waals surface area contributed by atoms with Crippen LogP contribution in [0.1, 0.15) is 32.3 Å². The van der Waals surface area contributed by atoms with Crippen LogP contribution in [0.5, 0.6) is 5.75 Å². The van der Waals surface area contributed by atoms with E-state index in [1.807, 2.05) is 31.2 Å². The van der Waals surface area contributed by atoms with Crippen molar-refractivity contribution in [1.29, 1.82) is 0 Å². The second-order valence-electron chi connectivity index (χ2n) is 5.03. The molecule has 0 spiro atoms. The van der Waals surface area contributed by atoms with Crippen LogP contribution in [-0.4, -0.2) is 6.61 Å². The highest BCUT2D eigenvalue weighted by molar-refractivity contribution is 5.65. The fourth-order valence-corrected chi connectivity index (χ4v) is 2.22. The van der Waals surface area contributed by atoms with Crippen molar-refractivity contribution in [3.8, 4) is 16.9 Å². The van der Waals surface area contributed by atoms with E-state index in [1.54, 1.807) is 6.07 Å². The minimum Gasteiger partial charge on any atom is -0.490 e. The Bertz CT molecular complexity index is 591. The lowest BCUT2D eigenvalue weighted by molar-refractivity contribution is 0.295. The Balaban J connectivity index is 2.29. The quantitative estimate of drug-likeness (QED) is 0.694. The first kappa shape index (κ1) is 15.5. The van der Waals surface area contributed by atoms with Crippen LogP contribution in [0.15, 0.2) is 36.4 Å². The van der Waals surface area contributed by atoms with Crippen LogP contribution in [0.4, 0.5) is 8.78 Å². The minimum atomic E-state index is -0.918. The summed E-state index contributed by atoms with van der Waals surface area (Å²) in [6.07, 6.45) is 2.80. The smallest absolute Gasteiger partial charge is 0.201 e. The lowest BCUT2D eigenvalue weighted by atomic mass is 10.0. The Kier molecular flexibility index (Phi) is 5.32. The minimum absolute atomic E-state index is 0.0271. The lowest BCUT2D eigenvalue weighted by Gasteiger charge is -2.10. The Morgan fingerprint density at radius 2 is 1.57 bits per heavy atom. The first-order valence-corrected chi connectivity index (χ1v) is 7.37. The number of benzene rings is 2.